The van der Waals surface area contributed by atoms with Gasteiger partial charge in [-0.1, -0.05) is 6.07 Å². The lowest BCUT2D eigenvalue weighted by Crippen LogP contribution is -2.55. The fourth-order valence-electron chi connectivity index (χ4n) is 2.36. The fourth-order valence-corrected chi connectivity index (χ4v) is 2.99. The van der Waals surface area contributed by atoms with E-state index in [9.17, 15) is 13.2 Å². The van der Waals surface area contributed by atoms with Gasteiger partial charge in [0.25, 0.3) is 5.91 Å². The van der Waals surface area contributed by atoms with Crippen molar-refractivity contribution in [2.75, 3.05) is 30.2 Å². The van der Waals surface area contributed by atoms with E-state index in [4.69, 9.17) is 4.74 Å². The maximum Gasteiger partial charge on any atom is 0.254 e. The molecule has 1 amide bonds. The molecule has 0 aromatic heterocycles. The van der Waals surface area contributed by atoms with Crippen molar-refractivity contribution in [2.24, 2.45) is 0 Å². The van der Waals surface area contributed by atoms with Crippen molar-refractivity contribution >= 4 is 21.6 Å². The number of anilines is 1. The summed E-state index contributed by atoms with van der Waals surface area (Å²) >= 11 is 0. The van der Waals surface area contributed by atoms with E-state index in [1.54, 1.807) is 36.1 Å². The number of nitrogens with one attached hydrogen (secondary N) is 1. The second-order valence-corrected chi connectivity index (χ2v) is 7.92. The van der Waals surface area contributed by atoms with Gasteiger partial charge >= 0.3 is 0 Å². The zero-order chi connectivity index (χ0) is 16.4. The van der Waals surface area contributed by atoms with E-state index < -0.39 is 10.0 Å². The molecule has 1 fully saturated rings. The van der Waals surface area contributed by atoms with Gasteiger partial charge in [0.2, 0.25) is 10.0 Å². The van der Waals surface area contributed by atoms with E-state index in [0.29, 0.717) is 31.0 Å². The lowest BCUT2D eigenvalue weighted by molar-refractivity contribution is -0.0370. The van der Waals surface area contributed by atoms with Crippen LogP contribution in [0.3, 0.4) is 0 Å². The molecule has 1 heterocycles. The number of rotatable bonds is 4. The molecule has 122 valence electrons. The van der Waals surface area contributed by atoms with Crippen LogP contribution in [0.25, 0.3) is 0 Å². The van der Waals surface area contributed by atoms with Gasteiger partial charge in [-0.2, -0.15) is 0 Å². The Hall–Kier alpha value is -1.60. The number of nitrogens with zero attached hydrogens (tertiary/aromatic N) is 1. The molecule has 0 saturated carbocycles. The Morgan fingerprint density at radius 2 is 2.14 bits per heavy atom. The van der Waals surface area contributed by atoms with Gasteiger partial charge in [-0.25, -0.2) is 8.42 Å². The quantitative estimate of drug-likeness (QED) is 0.914. The molecule has 1 aromatic carbocycles. The maximum atomic E-state index is 12.7. The zero-order valence-electron chi connectivity index (χ0n) is 13.1. The van der Waals surface area contributed by atoms with Crippen LogP contribution in [0.1, 0.15) is 31.1 Å². The molecule has 1 aliphatic heterocycles. The molecule has 7 heteroatoms. The monoisotopic (exact) mass is 326 g/mol. The molecule has 2 rings (SSSR count). The number of morpholine rings is 1. The topological polar surface area (TPSA) is 75.7 Å². The number of benzene rings is 1. The third kappa shape index (κ3) is 3.78. The van der Waals surface area contributed by atoms with E-state index in [1.807, 2.05) is 13.8 Å². The summed E-state index contributed by atoms with van der Waals surface area (Å²) in [6, 6.07) is 6.57. The maximum absolute atomic E-state index is 12.7. The molecule has 1 aromatic rings. The molecular formula is C15H22N2O4S. The first-order chi connectivity index (χ1) is 10.2. The van der Waals surface area contributed by atoms with E-state index >= 15 is 0 Å². The van der Waals surface area contributed by atoms with Crippen molar-refractivity contribution < 1.29 is 17.9 Å². The Balaban J connectivity index is 2.24. The van der Waals surface area contributed by atoms with Crippen LogP contribution in [0.2, 0.25) is 0 Å². The van der Waals surface area contributed by atoms with E-state index in [1.165, 1.54) is 0 Å². The Labute approximate surface area is 131 Å². The lowest BCUT2D eigenvalue weighted by atomic mass is 10.0. The van der Waals surface area contributed by atoms with Crippen molar-refractivity contribution in [3.8, 4) is 0 Å². The Morgan fingerprint density at radius 3 is 2.77 bits per heavy atom. The van der Waals surface area contributed by atoms with Gasteiger partial charge in [0.1, 0.15) is 0 Å². The summed E-state index contributed by atoms with van der Waals surface area (Å²) in [5, 5.41) is 0. The van der Waals surface area contributed by atoms with Gasteiger partial charge in [0.15, 0.2) is 0 Å². The molecule has 0 aliphatic carbocycles. The highest BCUT2D eigenvalue weighted by atomic mass is 32.2. The Morgan fingerprint density at radius 1 is 1.41 bits per heavy atom. The van der Waals surface area contributed by atoms with E-state index in [-0.39, 0.29) is 17.2 Å². The SMILES string of the molecule is CCS(=O)(=O)Nc1cccc(C(=O)N2CCOCC2(C)C)c1. The van der Waals surface area contributed by atoms with Gasteiger partial charge in [-0.3, -0.25) is 9.52 Å². The van der Waals surface area contributed by atoms with Gasteiger partial charge in [-0.15, -0.1) is 0 Å². The number of hydrogen-bond acceptors (Lipinski definition) is 4. The highest BCUT2D eigenvalue weighted by molar-refractivity contribution is 7.92. The molecule has 0 bridgehead atoms. The summed E-state index contributed by atoms with van der Waals surface area (Å²) in [7, 11) is -3.36. The van der Waals surface area contributed by atoms with Crippen LogP contribution in [-0.4, -0.2) is 50.3 Å². The summed E-state index contributed by atoms with van der Waals surface area (Å²) in [4.78, 5) is 14.5. The molecule has 0 spiro atoms. The molecule has 22 heavy (non-hydrogen) atoms. The van der Waals surface area contributed by atoms with Crippen molar-refractivity contribution in [2.45, 2.75) is 26.3 Å². The number of carbonyl (C=O) groups excluding carboxylic acids is 1. The molecule has 0 unspecified atom stereocenters. The first-order valence-corrected chi connectivity index (χ1v) is 8.91. The predicted octanol–water partition coefficient (Wildman–Crippen LogP) is 1.70. The largest absolute Gasteiger partial charge is 0.377 e. The fraction of sp³-hybridized carbons (Fsp3) is 0.533. The average molecular weight is 326 g/mol. The molecular weight excluding hydrogens is 304 g/mol. The smallest absolute Gasteiger partial charge is 0.254 e. The number of ether oxygens (including phenoxy) is 1. The van der Waals surface area contributed by atoms with Crippen molar-refractivity contribution in [1.82, 2.24) is 4.90 Å². The highest BCUT2D eigenvalue weighted by Crippen LogP contribution is 2.23. The van der Waals surface area contributed by atoms with Crippen molar-refractivity contribution in [1.29, 1.82) is 0 Å². The highest BCUT2D eigenvalue weighted by Gasteiger charge is 2.34. The number of hydrogen-bond donors (Lipinski definition) is 1. The minimum absolute atomic E-state index is 0.0122. The summed E-state index contributed by atoms with van der Waals surface area (Å²) in [6.45, 7) is 6.99. The first-order valence-electron chi connectivity index (χ1n) is 7.25. The molecule has 6 nitrogen and oxygen atoms in total. The molecule has 1 saturated heterocycles. The van der Waals surface area contributed by atoms with Gasteiger partial charge in [0, 0.05) is 17.8 Å². The summed E-state index contributed by atoms with van der Waals surface area (Å²) in [5.74, 6) is -0.132. The standard InChI is InChI=1S/C15H22N2O4S/c1-4-22(19,20)16-13-7-5-6-12(10-13)14(18)17-8-9-21-11-15(17,2)3/h5-7,10,16H,4,8-9,11H2,1-3H3. The van der Waals surface area contributed by atoms with Gasteiger partial charge < -0.3 is 9.64 Å². The van der Waals surface area contributed by atoms with E-state index in [0.717, 1.165) is 0 Å². The molecule has 0 atom stereocenters. The van der Waals surface area contributed by atoms with Crippen LogP contribution in [0.15, 0.2) is 24.3 Å². The van der Waals surface area contributed by atoms with Crippen LogP contribution in [0, 0.1) is 0 Å². The van der Waals surface area contributed by atoms with Crippen LogP contribution >= 0.6 is 0 Å². The average Bonchev–Trinajstić information content (AvgIpc) is 2.46. The summed E-state index contributed by atoms with van der Waals surface area (Å²) in [5.41, 5.74) is 0.485. The van der Waals surface area contributed by atoms with Gasteiger partial charge in [-0.05, 0) is 39.0 Å². The zero-order valence-corrected chi connectivity index (χ0v) is 13.9. The Kier molecular flexibility index (Phi) is 4.77. The third-order valence-electron chi connectivity index (χ3n) is 3.65. The number of carbonyl (C=O) groups is 1. The summed E-state index contributed by atoms with van der Waals surface area (Å²) in [6.07, 6.45) is 0. The van der Waals surface area contributed by atoms with Crippen LogP contribution in [-0.2, 0) is 14.8 Å². The third-order valence-corrected chi connectivity index (χ3v) is 4.96. The minimum atomic E-state index is -3.36. The second kappa shape index (κ2) is 6.26. The first kappa shape index (κ1) is 16.8. The summed E-state index contributed by atoms with van der Waals surface area (Å²) < 4.78 is 31.1. The predicted molar refractivity (Wildman–Crippen MR) is 85.5 cm³/mol. The normalized spacial score (nSPS) is 18.0. The van der Waals surface area contributed by atoms with Crippen LogP contribution < -0.4 is 4.72 Å². The molecule has 1 N–H and O–H groups in total. The molecule has 0 radical (unpaired) electrons. The number of sulfonamides is 1. The van der Waals surface area contributed by atoms with Crippen molar-refractivity contribution in [3.63, 3.8) is 0 Å². The number of amides is 1. The van der Waals surface area contributed by atoms with Crippen LogP contribution in [0.5, 0.6) is 0 Å². The van der Waals surface area contributed by atoms with E-state index in [2.05, 4.69) is 4.72 Å². The minimum Gasteiger partial charge on any atom is -0.377 e. The van der Waals surface area contributed by atoms with Crippen molar-refractivity contribution in [3.05, 3.63) is 29.8 Å². The lowest BCUT2D eigenvalue weighted by Gasteiger charge is -2.42. The van der Waals surface area contributed by atoms with Gasteiger partial charge in [0.05, 0.1) is 24.5 Å². The Bertz CT molecular complexity index is 655. The molecule has 1 aliphatic rings. The van der Waals surface area contributed by atoms with Crippen LogP contribution in [0.4, 0.5) is 5.69 Å². The second-order valence-electron chi connectivity index (χ2n) is 5.91.